The van der Waals surface area contributed by atoms with Gasteiger partial charge in [-0.05, 0) is 54.6 Å². The molecule has 1 aliphatic heterocycles. The summed E-state index contributed by atoms with van der Waals surface area (Å²) in [6.07, 6.45) is 0. The van der Waals surface area contributed by atoms with E-state index in [1.165, 1.54) is 21.2 Å². The molecular weight excluding hydrogens is 444 g/mol. The van der Waals surface area contributed by atoms with E-state index in [0.717, 1.165) is 16.9 Å². The molecule has 0 N–H and O–H groups in total. The number of rotatable bonds is 6. The fraction of sp³-hybridized carbons (Fsp3) is 0.292. The Kier molecular flexibility index (Phi) is 6.64. The Morgan fingerprint density at radius 1 is 1.00 bits per heavy atom. The second kappa shape index (κ2) is 9.44. The van der Waals surface area contributed by atoms with Crippen LogP contribution < -0.4 is 4.74 Å². The highest BCUT2D eigenvalue weighted by atomic mass is 32.2. The molecule has 0 atom stereocenters. The highest BCUT2D eigenvalue weighted by molar-refractivity contribution is 7.89. The van der Waals surface area contributed by atoms with E-state index >= 15 is 0 Å². The number of hydrogen-bond acceptors (Lipinski definition) is 5. The van der Waals surface area contributed by atoms with Crippen LogP contribution in [0.4, 0.5) is 0 Å². The van der Waals surface area contributed by atoms with E-state index in [1.807, 2.05) is 43.5 Å². The predicted octanol–water partition coefficient (Wildman–Crippen LogP) is 4.09. The van der Waals surface area contributed by atoms with Crippen LogP contribution in [0.3, 0.4) is 0 Å². The molecular formula is C24H26N2O4S2. The second-order valence-corrected chi connectivity index (χ2v) is 10.7. The molecule has 1 aliphatic rings. The Morgan fingerprint density at radius 2 is 1.72 bits per heavy atom. The van der Waals surface area contributed by atoms with Gasteiger partial charge >= 0.3 is 0 Å². The van der Waals surface area contributed by atoms with Gasteiger partial charge in [-0.3, -0.25) is 4.79 Å². The van der Waals surface area contributed by atoms with Crippen LogP contribution in [0.5, 0.6) is 5.75 Å². The van der Waals surface area contributed by atoms with Gasteiger partial charge in [0.15, 0.2) is 0 Å². The first-order valence-corrected chi connectivity index (χ1v) is 12.8. The van der Waals surface area contributed by atoms with Gasteiger partial charge in [0, 0.05) is 31.7 Å². The van der Waals surface area contributed by atoms with Crippen LogP contribution in [0.1, 0.15) is 26.4 Å². The molecule has 1 saturated heterocycles. The third-order valence-corrected chi connectivity index (χ3v) is 8.60. The maximum atomic E-state index is 12.9. The van der Waals surface area contributed by atoms with Gasteiger partial charge < -0.3 is 9.64 Å². The average molecular weight is 471 g/mol. The first-order valence-electron chi connectivity index (χ1n) is 10.5. The van der Waals surface area contributed by atoms with Gasteiger partial charge in [0.25, 0.3) is 5.91 Å². The van der Waals surface area contributed by atoms with Crippen LogP contribution in [0.15, 0.2) is 64.9 Å². The molecule has 1 aromatic heterocycles. The molecule has 1 fully saturated rings. The minimum atomic E-state index is -3.53. The molecule has 168 valence electrons. The molecule has 2 heterocycles. The molecule has 6 nitrogen and oxygen atoms in total. The Hall–Kier alpha value is -2.68. The Balaban J connectivity index is 1.35. The molecule has 0 spiro atoms. The number of sulfonamides is 1. The number of ether oxygens (including phenoxy) is 1. The molecule has 0 bridgehead atoms. The van der Waals surface area contributed by atoms with Crippen molar-refractivity contribution in [3.63, 3.8) is 0 Å². The maximum absolute atomic E-state index is 12.9. The molecule has 3 aromatic rings. The van der Waals surface area contributed by atoms with Gasteiger partial charge in [0.1, 0.15) is 12.4 Å². The number of thiophene rings is 1. The van der Waals surface area contributed by atoms with E-state index < -0.39 is 10.0 Å². The van der Waals surface area contributed by atoms with Crippen molar-refractivity contribution in [2.45, 2.75) is 25.3 Å². The third-order valence-electron chi connectivity index (χ3n) is 5.72. The normalized spacial score (nSPS) is 15.0. The van der Waals surface area contributed by atoms with E-state index in [1.54, 1.807) is 35.2 Å². The summed E-state index contributed by atoms with van der Waals surface area (Å²) in [4.78, 5) is 15.6. The van der Waals surface area contributed by atoms with Gasteiger partial charge in [0.2, 0.25) is 10.0 Å². The van der Waals surface area contributed by atoms with Crippen molar-refractivity contribution in [3.05, 3.63) is 81.5 Å². The van der Waals surface area contributed by atoms with Crippen LogP contribution in [-0.2, 0) is 16.6 Å². The molecule has 0 aliphatic carbocycles. The minimum Gasteiger partial charge on any atom is -0.489 e. The van der Waals surface area contributed by atoms with Gasteiger partial charge in [-0.15, -0.1) is 11.3 Å². The number of piperazine rings is 1. The van der Waals surface area contributed by atoms with Crippen LogP contribution in [0.2, 0.25) is 0 Å². The molecule has 8 heteroatoms. The first-order chi connectivity index (χ1) is 15.4. The number of carbonyl (C=O) groups excluding carboxylic acids is 1. The smallest absolute Gasteiger partial charge is 0.264 e. The molecule has 4 rings (SSSR count). The van der Waals surface area contributed by atoms with Crippen LogP contribution in [0, 0.1) is 13.8 Å². The number of aryl methyl sites for hydroxylation is 1. The maximum Gasteiger partial charge on any atom is 0.264 e. The van der Waals surface area contributed by atoms with Gasteiger partial charge in [0.05, 0.1) is 9.77 Å². The van der Waals surface area contributed by atoms with Crippen molar-refractivity contribution >= 4 is 27.3 Å². The van der Waals surface area contributed by atoms with E-state index in [4.69, 9.17) is 4.74 Å². The Bertz CT molecular complexity index is 1200. The quantitative estimate of drug-likeness (QED) is 0.544. The zero-order chi connectivity index (χ0) is 22.7. The average Bonchev–Trinajstić information content (AvgIpc) is 3.29. The number of nitrogens with zero attached hydrogens (tertiary/aromatic N) is 2. The lowest BCUT2D eigenvalue weighted by molar-refractivity contribution is 0.0702. The molecule has 0 unspecified atom stereocenters. The Morgan fingerprint density at radius 3 is 2.44 bits per heavy atom. The fourth-order valence-electron chi connectivity index (χ4n) is 3.63. The zero-order valence-electron chi connectivity index (χ0n) is 18.2. The van der Waals surface area contributed by atoms with E-state index in [9.17, 15) is 13.2 Å². The largest absolute Gasteiger partial charge is 0.489 e. The van der Waals surface area contributed by atoms with Gasteiger partial charge in [-0.25, -0.2) is 8.42 Å². The van der Waals surface area contributed by atoms with Crippen LogP contribution in [0.25, 0.3) is 0 Å². The first kappa shape index (κ1) is 22.5. The summed E-state index contributed by atoms with van der Waals surface area (Å²) in [5.74, 6) is 0.782. The molecule has 0 saturated carbocycles. The SMILES string of the molecule is Cc1cccc(OCc2csc(C(=O)N3CCN(S(=O)(=O)c4ccccc4)CC3)c2)c1C. The summed E-state index contributed by atoms with van der Waals surface area (Å²) in [5, 5.41) is 1.94. The van der Waals surface area contributed by atoms with E-state index in [-0.39, 0.29) is 23.9 Å². The van der Waals surface area contributed by atoms with E-state index in [2.05, 4.69) is 0 Å². The van der Waals surface area contributed by atoms with Crippen molar-refractivity contribution in [2.24, 2.45) is 0 Å². The molecule has 32 heavy (non-hydrogen) atoms. The summed E-state index contributed by atoms with van der Waals surface area (Å²) in [6.45, 7) is 5.80. The van der Waals surface area contributed by atoms with Gasteiger partial charge in [-0.1, -0.05) is 30.3 Å². The number of benzene rings is 2. The summed E-state index contributed by atoms with van der Waals surface area (Å²) >= 11 is 1.39. The lowest BCUT2D eigenvalue weighted by atomic mass is 10.1. The summed E-state index contributed by atoms with van der Waals surface area (Å²) in [5.41, 5.74) is 3.24. The van der Waals surface area contributed by atoms with Crippen molar-refractivity contribution in [1.82, 2.24) is 9.21 Å². The highest BCUT2D eigenvalue weighted by Gasteiger charge is 2.30. The standard InChI is InChI=1S/C24H26N2O4S2/c1-18-7-6-10-22(19(18)2)30-16-20-15-23(31-17-20)24(27)25-11-13-26(14-12-25)32(28,29)21-8-4-3-5-9-21/h3-10,15,17H,11-14,16H2,1-2H3. The number of carbonyl (C=O) groups is 1. The third kappa shape index (κ3) is 4.72. The molecule has 1 amide bonds. The highest BCUT2D eigenvalue weighted by Crippen LogP contribution is 2.24. The lowest BCUT2D eigenvalue weighted by Gasteiger charge is -2.33. The van der Waals surface area contributed by atoms with Gasteiger partial charge in [-0.2, -0.15) is 4.31 Å². The monoisotopic (exact) mass is 470 g/mol. The Labute approximate surface area is 193 Å². The van der Waals surface area contributed by atoms with Crippen molar-refractivity contribution in [2.75, 3.05) is 26.2 Å². The fourth-order valence-corrected chi connectivity index (χ4v) is 5.94. The number of amides is 1. The lowest BCUT2D eigenvalue weighted by Crippen LogP contribution is -2.50. The topological polar surface area (TPSA) is 66.9 Å². The minimum absolute atomic E-state index is 0.0651. The molecule has 0 radical (unpaired) electrons. The summed E-state index contributed by atoms with van der Waals surface area (Å²) < 4.78 is 33.0. The van der Waals surface area contributed by atoms with E-state index in [0.29, 0.717) is 24.6 Å². The summed E-state index contributed by atoms with van der Waals surface area (Å²) in [6, 6.07) is 16.2. The van der Waals surface area contributed by atoms with Crippen LogP contribution in [-0.4, -0.2) is 49.7 Å². The zero-order valence-corrected chi connectivity index (χ0v) is 19.8. The van der Waals surface area contributed by atoms with Crippen LogP contribution >= 0.6 is 11.3 Å². The van der Waals surface area contributed by atoms with Crippen molar-refractivity contribution in [3.8, 4) is 5.75 Å². The number of hydrogen-bond donors (Lipinski definition) is 0. The van der Waals surface area contributed by atoms with Crippen molar-refractivity contribution in [1.29, 1.82) is 0 Å². The van der Waals surface area contributed by atoms with Crippen molar-refractivity contribution < 1.29 is 17.9 Å². The predicted molar refractivity (Wildman–Crippen MR) is 126 cm³/mol. The summed E-state index contributed by atoms with van der Waals surface area (Å²) in [7, 11) is -3.53. The second-order valence-electron chi connectivity index (χ2n) is 7.82. The molecule has 2 aromatic carbocycles.